The normalized spacial score (nSPS) is 23.0. The van der Waals surface area contributed by atoms with E-state index < -0.39 is 5.54 Å². The van der Waals surface area contributed by atoms with Crippen molar-refractivity contribution in [2.45, 2.75) is 52.0 Å². The molecule has 0 saturated heterocycles. The van der Waals surface area contributed by atoms with E-state index in [1.165, 1.54) is 7.11 Å². The topological polar surface area (TPSA) is 81.9 Å². The minimum absolute atomic E-state index is 0.0302. The monoisotopic (exact) mass is 357 g/mol. The van der Waals surface area contributed by atoms with E-state index in [1.807, 2.05) is 0 Å². The van der Waals surface area contributed by atoms with Crippen molar-refractivity contribution in [3.63, 3.8) is 0 Å². The van der Waals surface area contributed by atoms with Crippen LogP contribution in [0.2, 0.25) is 0 Å². The van der Waals surface area contributed by atoms with Crippen LogP contribution in [0.3, 0.4) is 0 Å². The van der Waals surface area contributed by atoms with Crippen molar-refractivity contribution in [3.8, 4) is 5.69 Å². The lowest BCUT2D eigenvalue weighted by Gasteiger charge is -2.38. The molecule has 0 atom stereocenters. The number of rotatable bonds is 5. The molecule has 2 aromatic rings. The van der Waals surface area contributed by atoms with Crippen LogP contribution in [0.5, 0.6) is 0 Å². The maximum absolute atomic E-state index is 12.3. The van der Waals surface area contributed by atoms with Gasteiger partial charge in [0.2, 0.25) is 5.91 Å². The SMILES string of the molecule is COCC(=O)NC1(c2nnnn2-c2cc(C)cc(C)c2)CCC(C)CC1. The zero-order chi connectivity index (χ0) is 18.7. The van der Waals surface area contributed by atoms with Crippen LogP contribution >= 0.6 is 0 Å². The maximum atomic E-state index is 12.3. The third kappa shape index (κ3) is 3.77. The van der Waals surface area contributed by atoms with E-state index in [1.54, 1.807) is 4.68 Å². The molecule has 1 N–H and O–H groups in total. The minimum atomic E-state index is -0.566. The number of carbonyl (C=O) groups excluding carboxylic acids is 1. The zero-order valence-corrected chi connectivity index (χ0v) is 16.0. The molecule has 1 fully saturated rings. The first kappa shape index (κ1) is 18.5. The Hall–Kier alpha value is -2.28. The van der Waals surface area contributed by atoms with Gasteiger partial charge in [-0.3, -0.25) is 4.79 Å². The number of carbonyl (C=O) groups is 1. The van der Waals surface area contributed by atoms with Crippen LogP contribution in [-0.4, -0.2) is 39.8 Å². The third-order valence-corrected chi connectivity index (χ3v) is 5.13. The Morgan fingerprint density at radius 1 is 1.27 bits per heavy atom. The average Bonchev–Trinajstić information content (AvgIpc) is 3.07. The molecule has 7 nitrogen and oxygen atoms in total. The van der Waals surface area contributed by atoms with Gasteiger partial charge in [0.05, 0.1) is 5.69 Å². The first-order valence-electron chi connectivity index (χ1n) is 9.11. The van der Waals surface area contributed by atoms with Gasteiger partial charge in [-0.25, -0.2) is 0 Å². The quantitative estimate of drug-likeness (QED) is 0.889. The number of nitrogens with zero attached hydrogens (tertiary/aromatic N) is 4. The number of tetrazole rings is 1. The average molecular weight is 357 g/mol. The number of aromatic nitrogens is 4. The summed E-state index contributed by atoms with van der Waals surface area (Å²) in [6, 6.07) is 6.23. The Labute approximate surface area is 154 Å². The van der Waals surface area contributed by atoms with Crippen molar-refractivity contribution in [2.75, 3.05) is 13.7 Å². The highest BCUT2D eigenvalue weighted by molar-refractivity contribution is 5.78. The molecule has 0 aliphatic heterocycles. The fourth-order valence-electron chi connectivity index (χ4n) is 3.83. The molecule has 7 heteroatoms. The number of benzene rings is 1. The van der Waals surface area contributed by atoms with E-state index in [-0.39, 0.29) is 12.5 Å². The van der Waals surface area contributed by atoms with Crippen LogP contribution < -0.4 is 5.32 Å². The van der Waals surface area contributed by atoms with Gasteiger partial charge in [0, 0.05) is 7.11 Å². The van der Waals surface area contributed by atoms with Crippen LogP contribution in [0.25, 0.3) is 5.69 Å². The highest BCUT2D eigenvalue weighted by Crippen LogP contribution is 2.39. The Balaban J connectivity index is 2.02. The Bertz CT molecular complexity index is 758. The summed E-state index contributed by atoms with van der Waals surface area (Å²) in [6.45, 7) is 6.38. The zero-order valence-electron chi connectivity index (χ0n) is 16.0. The standard InChI is InChI=1S/C19H27N5O2/c1-13-5-7-19(8-6-13,20-17(25)12-26-4)18-21-22-23-24(18)16-10-14(2)9-15(3)11-16/h9-11,13H,5-8,12H2,1-4H3,(H,20,25). The molecule has 3 rings (SSSR count). The molecule has 1 aromatic carbocycles. The van der Waals surface area contributed by atoms with E-state index in [2.05, 4.69) is 59.8 Å². The fourth-order valence-corrected chi connectivity index (χ4v) is 3.83. The molecule has 1 aromatic heterocycles. The van der Waals surface area contributed by atoms with Crippen LogP contribution in [0.4, 0.5) is 0 Å². The van der Waals surface area contributed by atoms with Crippen LogP contribution in [0, 0.1) is 19.8 Å². The van der Waals surface area contributed by atoms with E-state index in [4.69, 9.17) is 4.74 Å². The number of aryl methyl sites for hydroxylation is 2. The molecule has 0 spiro atoms. The summed E-state index contributed by atoms with van der Waals surface area (Å²) in [5.74, 6) is 1.18. The third-order valence-electron chi connectivity index (χ3n) is 5.13. The summed E-state index contributed by atoms with van der Waals surface area (Å²) in [4.78, 5) is 12.3. The van der Waals surface area contributed by atoms with Crippen molar-refractivity contribution < 1.29 is 9.53 Å². The highest BCUT2D eigenvalue weighted by Gasteiger charge is 2.42. The molecule has 1 heterocycles. The van der Waals surface area contributed by atoms with Crippen molar-refractivity contribution in [3.05, 3.63) is 35.2 Å². The van der Waals surface area contributed by atoms with Gasteiger partial charge in [0.25, 0.3) is 0 Å². The first-order chi connectivity index (χ1) is 12.4. The summed E-state index contributed by atoms with van der Waals surface area (Å²) >= 11 is 0. The van der Waals surface area contributed by atoms with Gasteiger partial charge < -0.3 is 10.1 Å². The van der Waals surface area contributed by atoms with Gasteiger partial charge in [-0.2, -0.15) is 4.68 Å². The predicted octanol–water partition coefficient (Wildman–Crippen LogP) is 2.45. The van der Waals surface area contributed by atoms with Gasteiger partial charge in [-0.1, -0.05) is 13.0 Å². The number of nitrogens with one attached hydrogen (secondary N) is 1. The van der Waals surface area contributed by atoms with Crippen molar-refractivity contribution in [1.29, 1.82) is 0 Å². The lowest BCUT2D eigenvalue weighted by molar-refractivity contribution is -0.127. The molecule has 1 aliphatic carbocycles. The summed E-state index contributed by atoms with van der Waals surface area (Å²) in [6.07, 6.45) is 3.67. The minimum Gasteiger partial charge on any atom is -0.375 e. The molecule has 1 saturated carbocycles. The van der Waals surface area contributed by atoms with E-state index in [0.717, 1.165) is 42.5 Å². The molecule has 0 bridgehead atoms. The van der Waals surface area contributed by atoms with Crippen LogP contribution in [0.1, 0.15) is 49.6 Å². The Morgan fingerprint density at radius 2 is 1.92 bits per heavy atom. The van der Waals surface area contributed by atoms with Gasteiger partial charge in [-0.05, 0) is 79.1 Å². The smallest absolute Gasteiger partial charge is 0.246 e. The Morgan fingerprint density at radius 3 is 2.54 bits per heavy atom. The lowest BCUT2D eigenvalue weighted by Crippen LogP contribution is -2.50. The van der Waals surface area contributed by atoms with Gasteiger partial charge in [-0.15, -0.1) is 5.10 Å². The molecule has 26 heavy (non-hydrogen) atoms. The summed E-state index contributed by atoms with van der Waals surface area (Å²) < 4.78 is 6.77. The summed E-state index contributed by atoms with van der Waals surface area (Å²) in [7, 11) is 1.52. The second kappa shape index (κ2) is 7.53. The second-order valence-electron chi connectivity index (χ2n) is 7.51. The van der Waals surface area contributed by atoms with E-state index in [0.29, 0.717) is 11.7 Å². The molecule has 140 valence electrons. The van der Waals surface area contributed by atoms with Crippen molar-refractivity contribution in [2.24, 2.45) is 5.92 Å². The highest BCUT2D eigenvalue weighted by atomic mass is 16.5. The number of hydrogen-bond donors (Lipinski definition) is 1. The number of methoxy groups -OCH3 is 1. The van der Waals surface area contributed by atoms with Gasteiger partial charge in [0.15, 0.2) is 5.82 Å². The fraction of sp³-hybridized carbons (Fsp3) is 0.579. The van der Waals surface area contributed by atoms with Crippen LogP contribution in [-0.2, 0) is 15.1 Å². The first-order valence-corrected chi connectivity index (χ1v) is 9.11. The van der Waals surface area contributed by atoms with E-state index in [9.17, 15) is 4.79 Å². The molecule has 0 unspecified atom stereocenters. The molecular formula is C19H27N5O2. The van der Waals surface area contributed by atoms with Crippen molar-refractivity contribution >= 4 is 5.91 Å². The number of amides is 1. The van der Waals surface area contributed by atoms with Crippen LogP contribution in [0.15, 0.2) is 18.2 Å². The number of ether oxygens (including phenoxy) is 1. The Kier molecular flexibility index (Phi) is 5.36. The number of hydrogen-bond acceptors (Lipinski definition) is 5. The summed E-state index contributed by atoms with van der Waals surface area (Å²) in [5.41, 5.74) is 2.65. The lowest BCUT2D eigenvalue weighted by atomic mass is 9.76. The molecule has 1 amide bonds. The second-order valence-corrected chi connectivity index (χ2v) is 7.51. The van der Waals surface area contributed by atoms with Crippen molar-refractivity contribution in [1.82, 2.24) is 25.5 Å². The predicted molar refractivity (Wildman–Crippen MR) is 98.0 cm³/mol. The van der Waals surface area contributed by atoms with E-state index >= 15 is 0 Å². The summed E-state index contributed by atoms with van der Waals surface area (Å²) in [5, 5.41) is 15.7. The largest absolute Gasteiger partial charge is 0.375 e. The molecular weight excluding hydrogens is 330 g/mol. The van der Waals surface area contributed by atoms with Gasteiger partial charge in [0.1, 0.15) is 12.1 Å². The molecule has 1 aliphatic rings. The maximum Gasteiger partial charge on any atom is 0.246 e. The molecule has 0 radical (unpaired) electrons. The van der Waals surface area contributed by atoms with Gasteiger partial charge >= 0.3 is 0 Å².